The lowest BCUT2D eigenvalue weighted by atomic mass is 10.1. The third-order valence-corrected chi connectivity index (χ3v) is 5.65. The predicted octanol–water partition coefficient (Wildman–Crippen LogP) is 4.51. The van der Waals surface area contributed by atoms with Crippen molar-refractivity contribution in [3.63, 3.8) is 0 Å². The van der Waals surface area contributed by atoms with E-state index >= 15 is 0 Å². The van der Waals surface area contributed by atoms with E-state index in [-0.39, 0.29) is 0 Å². The van der Waals surface area contributed by atoms with E-state index in [2.05, 4.69) is 24.4 Å². The molecule has 5 heteroatoms. The molecule has 26 heavy (non-hydrogen) atoms. The summed E-state index contributed by atoms with van der Waals surface area (Å²) in [5, 5.41) is 4.59. The van der Waals surface area contributed by atoms with E-state index in [1.807, 2.05) is 37.3 Å². The fourth-order valence-electron chi connectivity index (χ4n) is 3.20. The maximum absolute atomic E-state index is 11.8. The number of fused-ring (bicyclic) bond motifs is 1. The fourth-order valence-corrected chi connectivity index (χ4v) is 4.15. The second kappa shape index (κ2) is 7.46. The Labute approximate surface area is 155 Å². The van der Waals surface area contributed by atoms with Crippen molar-refractivity contribution < 1.29 is 8.42 Å². The summed E-state index contributed by atoms with van der Waals surface area (Å²) in [5.41, 5.74) is 4.96. The number of pyridine rings is 1. The molecule has 0 atom stereocenters. The summed E-state index contributed by atoms with van der Waals surface area (Å²) in [6, 6.07) is 15.7. The molecule has 0 aliphatic heterocycles. The second-order valence-corrected chi connectivity index (χ2v) is 8.64. The van der Waals surface area contributed by atoms with Gasteiger partial charge in [0.05, 0.1) is 10.4 Å². The highest BCUT2D eigenvalue weighted by atomic mass is 32.2. The maximum Gasteiger partial charge on any atom is 0.175 e. The van der Waals surface area contributed by atoms with Crippen molar-refractivity contribution in [2.24, 2.45) is 0 Å². The minimum atomic E-state index is -3.19. The Morgan fingerprint density at radius 3 is 2.54 bits per heavy atom. The Morgan fingerprint density at radius 1 is 1.08 bits per heavy atom. The van der Waals surface area contributed by atoms with Crippen molar-refractivity contribution in [3.8, 4) is 0 Å². The molecule has 1 heterocycles. The van der Waals surface area contributed by atoms with Crippen LogP contribution in [-0.4, -0.2) is 19.7 Å². The smallest absolute Gasteiger partial charge is 0.175 e. The largest absolute Gasteiger partial charge is 0.380 e. The first kappa shape index (κ1) is 18.4. The van der Waals surface area contributed by atoms with Gasteiger partial charge < -0.3 is 5.32 Å². The first-order valence-corrected chi connectivity index (χ1v) is 10.7. The first-order chi connectivity index (χ1) is 12.4. The number of nitrogens with one attached hydrogen (secondary N) is 1. The summed E-state index contributed by atoms with van der Waals surface area (Å²) in [4.78, 5) is 5.12. The third kappa shape index (κ3) is 4.05. The van der Waals surface area contributed by atoms with Gasteiger partial charge in [-0.15, -0.1) is 0 Å². The SMILES string of the molecule is CCCc1cc(NCc2ccc(S(C)(=O)=O)c(C)c2)c2ccccc2n1. The van der Waals surface area contributed by atoms with Crippen LogP contribution in [0, 0.1) is 6.92 Å². The van der Waals surface area contributed by atoms with Gasteiger partial charge in [-0.1, -0.05) is 43.7 Å². The Balaban J connectivity index is 1.89. The summed E-state index contributed by atoms with van der Waals surface area (Å²) in [6.45, 7) is 4.61. The van der Waals surface area contributed by atoms with Crippen LogP contribution in [0.5, 0.6) is 0 Å². The van der Waals surface area contributed by atoms with Gasteiger partial charge in [0.2, 0.25) is 0 Å². The molecule has 0 spiro atoms. The topological polar surface area (TPSA) is 59.1 Å². The van der Waals surface area contributed by atoms with Crippen molar-refractivity contribution in [2.75, 3.05) is 11.6 Å². The van der Waals surface area contributed by atoms with Crippen LogP contribution in [0.15, 0.2) is 53.4 Å². The maximum atomic E-state index is 11.8. The van der Waals surface area contributed by atoms with Gasteiger partial charge in [-0.3, -0.25) is 4.98 Å². The summed E-state index contributed by atoms with van der Waals surface area (Å²) in [6.07, 6.45) is 3.24. The zero-order valence-electron chi connectivity index (χ0n) is 15.4. The van der Waals surface area contributed by atoms with Gasteiger partial charge in [0.15, 0.2) is 9.84 Å². The van der Waals surface area contributed by atoms with Gasteiger partial charge in [0.25, 0.3) is 0 Å². The number of benzene rings is 2. The van der Waals surface area contributed by atoms with Crippen LogP contribution in [0.2, 0.25) is 0 Å². The zero-order chi connectivity index (χ0) is 18.7. The minimum absolute atomic E-state index is 0.390. The van der Waals surface area contributed by atoms with Gasteiger partial charge in [-0.05, 0) is 42.7 Å². The van der Waals surface area contributed by atoms with Crippen LogP contribution < -0.4 is 5.32 Å². The number of para-hydroxylation sites is 1. The molecule has 0 saturated heterocycles. The number of aromatic nitrogens is 1. The quantitative estimate of drug-likeness (QED) is 0.695. The van der Waals surface area contributed by atoms with Gasteiger partial charge in [-0.25, -0.2) is 8.42 Å². The summed E-state index contributed by atoms with van der Waals surface area (Å²) in [7, 11) is -3.19. The van der Waals surface area contributed by atoms with Crippen LogP contribution in [0.25, 0.3) is 10.9 Å². The van der Waals surface area contributed by atoms with E-state index in [1.165, 1.54) is 6.26 Å². The van der Waals surface area contributed by atoms with Crippen molar-refractivity contribution >= 4 is 26.4 Å². The lowest BCUT2D eigenvalue weighted by molar-refractivity contribution is 0.601. The van der Waals surface area contributed by atoms with Crippen molar-refractivity contribution in [1.29, 1.82) is 0 Å². The molecular formula is C21H24N2O2S. The Hall–Kier alpha value is -2.40. The lowest BCUT2D eigenvalue weighted by Gasteiger charge is -2.13. The fraction of sp³-hybridized carbons (Fsp3) is 0.286. The van der Waals surface area contributed by atoms with E-state index < -0.39 is 9.84 Å². The van der Waals surface area contributed by atoms with Gasteiger partial charge in [-0.2, -0.15) is 0 Å². The molecule has 3 rings (SSSR count). The van der Waals surface area contributed by atoms with E-state index in [0.717, 1.165) is 46.3 Å². The van der Waals surface area contributed by atoms with Gasteiger partial charge in [0.1, 0.15) is 0 Å². The molecule has 4 nitrogen and oxygen atoms in total. The normalized spacial score (nSPS) is 11.7. The van der Waals surface area contributed by atoms with Crippen LogP contribution in [0.4, 0.5) is 5.69 Å². The highest BCUT2D eigenvalue weighted by Crippen LogP contribution is 2.25. The van der Waals surface area contributed by atoms with Crippen LogP contribution in [-0.2, 0) is 22.8 Å². The van der Waals surface area contributed by atoms with Crippen LogP contribution in [0.3, 0.4) is 0 Å². The highest BCUT2D eigenvalue weighted by molar-refractivity contribution is 7.90. The number of hydrogen-bond acceptors (Lipinski definition) is 4. The summed E-state index contributed by atoms with van der Waals surface area (Å²) in [5.74, 6) is 0. The molecular weight excluding hydrogens is 344 g/mol. The Bertz CT molecular complexity index is 1040. The molecule has 0 saturated carbocycles. The molecule has 0 radical (unpaired) electrons. The summed E-state index contributed by atoms with van der Waals surface area (Å²) >= 11 is 0. The van der Waals surface area contributed by atoms with E-state index in [4.69, 9.17) is 4.98 Å². The molecule has 0 unspecified atom stereocenters. The van der Waals surface area contributed by atoms with E-state index in [9.17, 15) is 8.42 Å². The van der Waals surface area contributed by atoms with Crippen LogP contribution in [0.1, 0.15) is 30.2 Å². The van der Waals surface area contributed by atoms with Crippen molar-refractivity contribution in [3.05, 3.63) is 65.4 Å². The van der Waals surface area contributed by atoms with E-state index in [0.29, 0.717) is 11.4 Å². The number of anilines is 1. The highest BCUT2D eigenvalue weighted by Gasteiger charge is 2.11. The average molecular weight is 369 g/mol. The number of sulfone groups is 1. The Morgan fingerprint density at radius 2 is 1.85 bits per heavy atom. The lowest BCUT2D eigenvalue weighted by Crippen LogP contribution is -2.05. The predicted molar refractivity (Wildman–Crippen MR) is 107 cm³/mol. The zero-order valence-corrected chi connectivity index (χ0v) is 16.2. The molecule has 0 aliphatic rings. The number of hydrogen-bond donors (Lipinski definition) is 1. The molecule has 1 N–H and O–H groups in total. The number of nitrogens with zero attached hydrogens (tertiary/aromatic N) is 1. The van der Waals surface area contributed by atoms with Crippen LogP contribution >= 0.6 is 0 Å². The first-order valence-electron chi connectivity index (χ1n) is 8.80. The van der Waals surface area contributed by atoms with E-state index in [1.54, 1.807) is 6.07 Å². The molecule has 3 aromatic rings. The monoisotopic (exact) mass is 368 g/mol. The molecule has 0 amide bonds. The minimum Gasteiger partial charge on any atom is -0.380 e. The second-order valence-electron chi connectivity index (χ2n) is 6.65. The molecule has 0 aliphatic carbocycles. The third-order valence-electron chi connectivity index (χ3n) is 4.40. The standard InChI is InChI=1S/C21H24N2O2S/c1-4-7-17-13-20(18-8-5-6-9-19(18)23-17)22-14-16-10-11-21(15(2)12-16)26(3,24)25/h5-6,8-13H,4,7,14H2,1-3H3,(H,22,23). The van der Waals surface area contributed by atoms with Crippen molar-refractivity contribution in [2.45, 2.75) is 38.1 Å². The molecule has 2 aromatic carbocycles. The van der Waals surface area contributed by atoms with Crippen molar-refractivity contribution in [1.82, 2.24) is 4.98 Å². The van der Waals surface area contributed by atoms with Gasteiger partial charge >= 0.3 is 0 Å². The molecule has 0 fully saturated rings. The summed E-state index contributed by atoms with van der Waals surface area (Å²) < 4.78 is 23.5. The molecule has 136 valence electrons. The number of aryl methyl sites for hydroxylation is 2. The number of rotatable bonds is 6. The molecule has 0 bridgehead atoms. The molecule has 1 aromatic heterocycles. The van der Waals surface area contributed by atoms with Gasteiger partial charge in [0, 0.05) is 29.6 Å². The average Bonchev–Trinajstić information content (AvgIpc) is 2.59. The Kier molecular flexibility index (Phi) is 5.28.